The minimum absolute atomic E-state index is 0.110. The second-order valence-electron chi connectivity index (χ2n) is 7.30. The van der Waals surface area contributed by atoms with Crippen LogP contribution < -0.4 is 5.73 Å². The summed E-state index contributed by atoms with van der Waals surface area (Å²) in [7, 11) is 0. The fourth-order valence-electron chi connectivity index (χ4n) is 3.95. The van der Waals surface area contributed by atoms with Gasteiger partial charge in [0.25, 0.3) is 0 Å². The van der Waals surface area contributed by atoms with E-state index in [4.69, 9.17) is 10.5 Å². The molecule has 1 aliphatic heterocycles. The smallest absolute Gasteiger partial charge is 0.0763 e. The molecule has 24 heavy (non-hydrogen) atoms. The molecule has 2 rings (SSSR count). The Morgan fingerprint density at radius 3 is 2.79 bits per heavy atom. The number of unbranched alkanes of at least 4 members (excludes halogenated alkanes) is 3. The molecule has 0 spiro atoms. The number of rotatable bonds is 10. The predicted octanol–water partition coefficient (Wildman–Crippen LogP) is 2.93. The van der Waals surface area contributed by atoms with Crippen LogP contribution in [-0.2, 0) is 4.74 Å². The van der Waals surface area contributed by atoms with Gasteiger partial charge in [-0.25, -0.2) is 0 Å². The first-order chi connectivity index (χ1) is 11.7. The number of hydrogen-bond acceptors (Lipinski definition) is 4. The highest BCUT2D eigenvalue weighted by Crippen LogP contribution is 2.44. The summed E-state index contributed by atoms with van der Waals surface area (Å²) in [6, 6.07) is 0. The summed E-state index contributed by atoms with van der Waals surface area (Å²) in [5.41, 5.74) is 5.51. The van der Waals surface area contributed by atoms with Crippen LogP contribution >= 0.6 is 0 Å². The van der Waals surface area contributed by atoms with Crippen molar-refractivity contribution in [1.82, 2.24) is 0 Å². The highest BCUT2D eigenvalue weighted by atomic mass is 16.5. The van der Waals surface area contributed by atoms with Crippen molar-refractivity contribution < 1.29 is 14.9 Å². The molecule has 1 heterocycles. The fourth-order valence-corrected chi connectivity index (χ4v) is 3.95. The molecule has 1 unspecified atom stereocenters. The molecule has 2 aliphatic rings. The number of allylic oxidation sites excluding steroid dienone is 1. The molecule has 4 N–H and O–H groups in total. The zero-order chi connectivity index (χ0) is 17.4. The minimum atomic E-state index is -0.392. The van der Waals surface area contributed by atoms with Gasteiger partial charge in [0.1, 0.15) is 0 Å². The average Bonchev–Trinajstić information content (AvgIpc) is 3.06. The molecule has 1 aliphatic carbocycles. The van der Waals surface area contributed by atoms with Gasteiger partial charge in [-0.2, -0.15) is 0 Å². The van der Waals surface area contributed by atoms with E-state index in [2.05, 4.69) is 19.1 Å². The molecule has 0 amide bonds. The topological polar surface area (TPSA) is 75.7 Å². The lowest BCUT2D eigenvalue weighted by molar-refractivity contribution is 0.0497. The van der Waals surface area contributed by atoms with E-state index in [0.29, 0.717) is 12.3 Å². The van der Waals surface area contributed by atoms with Crippen LogP contribution in [0.25, 0.3) is 0 Å². The number of aliphatic hydroxyl groups is 2. The maximum Gasteiger partial charge on any atom is 0.0763 e. The summed E-state index contributed by atoms with van der Waals surface area (Å²) < 4.78 is 6.08. The summed E-state index contributed by atoms with van der Waals surface area (Å²) >= 11 is 0. The summed E-state index contributed by atoms with van der Waals surface area (Å²) in [5, 5.41) is 20.4. The molecule has 6 atom stereocenters. The first-order valence-corrected chi connectivity index (χ1v) is 9.72. The van der Waals surface area contributed by atoms with Gasteiger partial charge in [-0.1, -0.05) is 50.5 Å². The van der Waals surface area contributed by atoms with Gasteiger partial charge < -0.3 is 20.7 Å². The highest BCUT2D eigenvalue weighted by Gasteiger charge is 2.47. The van der Waals surface area contributed by atoms with Crippen LogP contribution in [0.5, 0.6) is 0 Å². The monoisotopic (exact) mass is 337 g/mol. The first-order valence-electron chi connectivity index (χ1n) is 9.72. The normalized spacial score (nSPS) is 34.4. The number of fused-ring (bicyclic) bond motifs is 1. The Morgan fingerprint density at radius 2 is 2.04 bits per heavy atom. The van der Waals surface area contributed by atoms with Crippen molar-refractivity contribution in [2.24, 2.45) is 17.6 Å². The molecule has 0 aromatic heterocycles. The van der Waals surface area contributed by atoms with Crippen LogP contribution in [0.1, 0.15) is 58.3 Å². The Hall–Kier alpha value is -0.680. The number of nitrogens with two attached hydrogens (primary N) is 1. The third-order valence-corrected chi connectivity index (χ3v) is 5.33. The van der Waals surface area contributed by atoms with Gasteiger partial charge in [0.2, 0.25) is 0 Å². The molecule has 1 saturated carbocycles. The molecule has 0 bridgehead atoms. The molecule has 4 nitrogen and oxygen atoms in total. The van der Waals surface area contributed by atoms with Crippen LogP contribution in [0.3, 0.4) is 0 Å². The van der Waals surface area contributed by atoms with Gasteiger partial charge in [-0.15, -0.1) is 0 Å². The van der Waals surface area contributed by atoms with E-state index in [0.717, 1.165) is 45.1 Å². The second-order valence-corrected chi connectivity index (χ2v) is 7.30. The van der Waals surface area contributed by atoms with Gasteiger partial charge in [-0.3, -0.25) is 0 Å². The van der Waals surface area contributed by atoms with E-state index in [-0.39, 0.29) is 24.2 Å². The van der Waals surface area contributed by atoms with Crippen molar-refractivity contribution in [3.05, 3.63) is 24.3 Å². The van der Waals surface area contributed by atoms with Crippen LogP contribution in [0.15, 0.2) is 24.3 Å². The van der Waals surface area contributed by atoms with Gasteiger partial charge in [0.05, 0.1) is 24.4 Å². The van der Waals surface area contributed by atoms with Crippen molar-refractivity contribution in [2.75, 3.05) is 6.54 Å². The molecule has 4 heteroatoms. The molecule has 0 aromatic carbocycles. The molecule has 2 fully saturated rings. The van der Waals surface area contributed by atoms with Gasteiger partial charge in [-0.05, 0) is 38.1 Å². The third kappa shape index (κ3) is 5.69. The lowest BCUT2D eigenvalue weighted by Gasteiger charge is -2.17. The third-order valence-electron chi connectivity index (χ3n) is 5.33. The van der Waals surface area contributed by atoms with E-state index in [1.54, 1.807) is 0 Å². The Balaban J connectivity index is 1.82. The van der Waals surface area contributed by atoms with Crippen molar-refractivity contribution in [1.29, 1.82) is 0 Å². The van der Waals surface area contributed by atoms with Crippen molar-refractivity contribution in [3.8, 4) is 0 Å². The van der Waals surface area contributed by atoms with Gasteiger partial charge in [0.15, 0.2) is 0 Å². The SMILES string of the molecule is CCCCC[C@H](O)/C=C/[C@H]1[C@H](O)CC2O[C@@H](/C=C/CCCN)C[C@@H]21. The lowest BCUT2D eigenvalue weighted by atomic mass is 9.89. The van der Waals surface area contributed by atoms with E-state index in [1.165, 1.54) is 6.42 Å². The zero-order valence-corrected chi connectivity index (χ0v) is 15.0. The Morgan fingerprint density at radius 1 is 1.21 bits per heavy atom. The summed E-state index contributed by atoms with van der Waals surface area (Å²) in [4.78, 5) is 0. The Bertz CT molecular complexity index is 410. The summed E-state index contributed by atoms with van der Waals surface area (Å²) in [5.74, 6) is 0.474. The van der Waals surface area contributed by atoms with E-state index < -0.39 is 6.10 Å². The quantitative estimate of drug-likeness (QED) is 0.423. The molecule has 1 saturated heterocycles. The lowest BCUT2D eigenvalue weighted by Crippen LogP contribution is -2.19. The van der Waals surface area contributed by atoms with Crippen LogP contribution in [0.2, 0.25) is 0 Å². The largest absolute Gasteiger partial charge is 0.392 e. The van der Waals surface area contributed by atoms with E-state index in [9.17, 15) is 10.2 Å². The molecular formula is C20H35NO3. The number of aliphatic hydroxyl groups excluding tert-OH is 2. The standard InChI is InChI=1S/C20H35NO3/c1-2-3-5-8-15(22)10-11-17-18-13-16(9-6-4-7-12-21)24-20(18)14-19(17)23/h6,9-11,15-20,22-23H,2-5,7-8,12-14,21H2,1H3/b9-6+,11-10+/t15-,16-,17+,18+,19+,20?/m0/s1. The molecule has 0 radical (unpaired) electrons. The van der Waals surface area contributed by atoms with Crippen LogP contribution in [0.4, 0.5) is 0 Å². The Labute approximate surface area is 146 Å². The van der Waals surface area contributed by atoms with Crippen molar-refractivity contribution in [2.45, 2.75) is 82.7 Å². The number of hydrogen-bond donors (Lipinski definition) is 3. The fraction of sp³-hybridized carbons (Fsp3) is 0.800. The first kappa shape index (κ1) is 19.6. The predicted molar refractivity (Wildman–Crippen MR) is 97.6 cm³/mol. The molecule has 0 aromatic rings. The van der Waals surface area contributed by atoms with Crippen molar-refractivity contribution in [3.63, 3.8) is 0 Å². The molecular weight excluding hydrogens is 302 g/mol. The van der Waals surface area contributed by atoms with Crippen molar-refractivity contribution >= 4 is 0 Å². The van der Waals surface area contributed by atoms with Gasteiger partial charge in [0, 0.05) is 12.3 Å². The highest BCUT2D eigenvalue weighted by molar-refractivity contribution is 5.09. The Kier molecular flexibility index (Phi) is 8.46. The zero-order valence-electron chi connectivity index (χ0n) is 15.0. The van der Waals surface area contributed by atoms with Crippen LogP contribution in [-0.4, -0.2) is 41.2 Å². The van der Waals surface area contributed by atoms with E-state index >= 15 is 0 Å². The van der Waals surface area contributed by atoms with Crippen LogP contribution in [0, 0.1) is 11.8 Å². The summed E-state index contributed by atoms with van der Waals surface area (Å²) in [6.45, 7) is 2.89. The van der Waals surface area contributed by atoms with Gasteiger partial charge >= 0.3 is 0 Å². The minimum Gasteiger partial charge on any atom is -0.392 e. The number of ether oxygens (including phenoxy) is 1. The maximum atomic E-state index is 10.3. The molecule has 138 valence electrons. The summed E-state index contributed by atoms with van der Waals surface area (Å²) in [6.07, 6.45) is 15.7. The second kappa shape index (κ2) is 10.3. The average molecular weight is 338 g/mol. The van der Waals surface area contributed by atoms with E-state index in [1.807, 2.05) is 12.2 Å². The maximum absolute atomic E-state index is 10.3.